The average molecular weight is 268 g/mol. The summed E-state index contributed by atoms with van der Waals surface area (Å²) in [5.41, 5.74) is 0. The molecule has 6 heteroatoms. The Morgan fingerprint density at radius 2 is 2.33 bits per heavy atom. The predicted molar refractivity (Wildman–Crippen MR) is 66.5 cm³/mol. The van der Waals surface area contributed by atoms with Crippen molar-refractivity contribution in [2.24, 2.45) is 0 Å². The summed E-state index contributed by atoms with van der Waals surface area (Å²) in [4.78, 5) is 11.1. The van der Waals surface area contributed by atoms with Gasteiger partial charge < -0.3 is 4.74 Å². The third kappa shape index (κ3) is 6.93. The van der Waals surface area contributed by atoms with Gasteiger partial charge in [-0.25, -0.2) is 0 Å². The van der Waals surface area contributed by atoms with Gasteiger partial charge in [-0.1, -0.05) is 0 Å². The van der Waals surface area contributed by atoms with Gasteiger partial charge in [-0.2, -0.15) is 17.0 Å². The third-order valence-corrected chi connectivity index (χ3v) is 4.23. The van der Waals surface area contributed by atoms with E-state index in [9.17, 15) is 4.79 Å². The number of alkyl halides is 1. The fourth-order valence-corrected chi connectivity index (χ4v) is 3.23. The van der Waals surface area contributed by atoms with Gasteiger partial charge in [-0.05, 0) is 13.2 Å². The molecule has 0 bridgehead atoms. The number of ether oxygens (including phenoxy) is 1. The molecule has 0 heterocycles. The number of rotatable bonds is 7. The first-order chi connectivity index (χ1) is 7.15. The second-order valence-corrected chi connectivity index (χ2v) is 5.25. The maximum Gasteiger partial charge on any atom is 0.315 e. The number of nitriles is 1. The van der Waals surface area contributed by atoms with Crippen LogP contribution in [0.15, 0.2) is 0 Å². The van der Waals surface area contributed by atoms with Crippen LogP contribution in [-0.4, -0.2) is 41.0 Å². The molecule has 3 nitrogen and oxygen atoms in total. The Kier molecular flexibility index (Phi) is 9.17. The number of carbonyl (C=O) groups excluding carboxylic acids is 1. The van der Waals surface area contributed by atoms with Crippen molar-refractivity contribution in [3.05, 3.63) is 0 Å². The molecule has 15 heavy (non-hydrogen) atoms. The van der Waals surface area contributed by atoms with Crippen LogP contribution in [0, 0.1) is 11.3 Å². The number of esters is 1. The summed E-state index contributed by atoms with van der Waals surface area (Å²) < 4.78 is 4.79. The van der Waals surface area contributed by atoms with E-state index >= 15 is 0 Å². The van der Waals surface area contributed by atoms with Crippen molar-refractivity contribution in [2.45, 2.75) is 17.6 Å². The van der Waals surface area contributed by atoms with Crippen LogP contribution in [0.3, 0.4) is 0 Å². The molecule has 0 aromatic rings. The Labute approximate surface area is 104 Å². The summed E-state index contributed by atoms with van der Waals surface area (Å²) in [5.74, 6) is 0.755. The lowest BCUT2D eigenvalue weighted by Crippen LogP contribution is -2.21. The van der Waals surface area contributed by atoms with Crippen molar-refractivity contribution in [1.29, 1.82) is 5.26 Å². The zero-order valence-electron chi connectivity index (χ0n) is 8.73. The Hall–Kier alpha value is -0.0500. The number of carbonyl (C=O) groups is 1. The molecule has 0 aliphatic carbocycles. The van der Waals surface area contributed by atoms with Crippen LogP contribution in [0.1, 0.15) is 6.92 Å². The smallest absolute Gasteiger partial charge is 0.315 e. The minimum atomic E-state index is -0.558. The van der Waals surface area contributed by atoms with Crippen LogP contribution in [0.25, 0.3) is 0 Å². The van der Waals surface area contributed by atoms with E-state index < -0.39 is 5.38 Å². The molecule has 0 aromatic carbocycles. The summed E-state index contributed by atoms with van der Waals surface area (Å²) in [6.07, 6.45) is 1.94. The van der Waals surface area contributed by atoms with Gasteiger partial charge >= 0.3 is 5.97 Å². The van der Waals surface area contributed by atoms with E-state index in [1.165, 1.54) is 11.8 Å². The molecule has 2 atom stereocenters. The van der Waals surface area contributed by atoms with Crippen LogP contribution < -0.4 is 0 Å². The van der Waals surface area contributed by atoms with Gasteiger partial charge in [0.25, 0.3) is 0 Å². The van der Waals surface area contributed by atoms with E-state index in [1.807, 2.05) is 12.3 Å². The molecule has 2 unspecified atom stereocenters. The van der Waals surface area contributed by atoms with Gasteiger partial charge in [0.1, 0.15) is 5.38 Å². The second-order valence-electron chi connectivity index (χ2n) is 2.64. The fraction of sp³-hybridized carbons (Fsp3) is 0.778. The molecule has 0 saturated carbocycles. The number of thioether (sulfide) groups is 2. The van der Waals surface area contributed by atoms with E-state index in [2.05, 4.69) is 0 Å². The average Bonchev–Trinajstić information content (AvgIpc) is 2.23. The topological polar surface area (TPSA) is 50.1 Å². The lowest BCUT2D eigenvalue weighted by atomic mass is 10.3. The molecule has 0 fully saturated rings. The molecule has 0 aromatic heterocycles. The summed E-state index contributed by atoms with van der Waals surface area (Å²) in [5, 5.41) is 8.09. The highest BCUT2D eigenvalue weighted by atomic mass is 35.5. The molecule has 0 N–H and O–H groups in total. The summed E-state index contributed by atoms with van der Waals surface area (Å²) in [6, 6.07) is 1.98. The Morgan fingerprint density at radius 3 is 2.80 bits per heavy atom. The van der Waals surface area contributed by atoms with Crippen molar-refractivity contribution in [3.63, 3.8) is 0 Å². The molecule has 0 radical (unpaired) electrons. The molecular weight excluding hydrogens is 254 g/mol. The Bertz CT molecular complexity index is 233. The molecule has 0 aliphatic heterocycles. The summed E-state index contributed by atoms with van der Waals surface area (Å²) in [6.45, 7) is 2.15. The molecule has 0 spiro atoms. The minimum Gasteiger partial charge on any atom is -0.465 e. The maximum absolute atomic E-state index is 11.1. The number of hydrogen-bond donors (Lipinski definition) is 0. The van der Waals surface area contributed by atoms with E-state index in [1.54, 1.807) is 18.7 Å². The molecule has 0 saturated heterocycles. The molecule has 86 valence electrons. The predicted octanol–water partition coefficient (Wildman–Crippen LogP) is 2.15. The lowest BCUT2D eigenvalue weighted by Gasteiger charge is -2.15. The highest BCUT2D eigenvalue weighted by molar-refractivity contribution is 8.03. The number of hydrogen-bond acceptors (Lipinski definition) is 5. The molecule has 0 aliphatic rings. The van der Waals surface area contributed by atoms with E-state index in [4.69, 9.17) is 21.6 Å². The minimum absolute atomic E-state index is 0.0314. The van der Waals surface area contributed by atoms with Crippen molar-refractivity contribution < 1.29 is 9.53 Å². The van der Waals surface area contributed by atoms with Gasteiger partial charge in [-0.3, -0.25) is 4.79 Å². The zero-order chi connectivity index (χ0) is 11.7. The quantitative estimate of drug-likeness (QED) is 0.523. The van der Waals surface area contributed by atoms with Crippen LogP contribution in [0.4, 0.5) is 0 Å². The van der Waals surface area contributed by atoms with Gasteiger partial charge in [0.05, 0.1) is 18.4 Å². The van der Waals surface area contributed by atoms with Crippen molar-refractivity contribution >= 4 is 41.1 Å². The van der Waals surface area contributed by atoms with Gasteiger partial charge in [0.2, 0.25) is 0 Å². The highest BCUT2D eigenvalue weighted by Gasteiger charge is 2.20. The van der Waals surface area contributed by atoms with Crippen LogP contribution in [-0.2, 0) is 9.53 Å². The van der Waals surface area contributed by atoms with Crippen LogP contribution >= 0.6 is 35.1 Å². The SMILES string of the molecule is CCOC(=O)CSC(CSC)C(Cl)C#N. The molecular formula is C9H14ClNO2S2. The van der Waals surface area contributed by atoms with Gasteiger partial charge in [-0.15, -0.1) is 23.4 Å². The van der Waals surface area contributed by atoms with E-state index in [0.29, 0.717) is 6.61 Å². The van der Waals surface area contributed by atoms with Gasteiger partial charge in [0, 0.05) is 11.0 Å². The lowest BCUT2D eigenvalue weighted by molar-refractivity contribution is -0.139. The monoisotopic (exact) mass is 267 g/mol. The second kappa shape index (κ2) is 9.20. The third-order valence-electron chi connectivity index (χ3n) is 1.50. The van der Waals surface area contributed by atoms with Crippen LogP contribution in [0.2, 0.25) is 0 Å². The van der Waals surface area contributed by atoms with E-state index in [-0.39, 0.29) is 17.0 Å². The standard InChI is InChI=1S/C9H14ClNO2S2/c1-3-13-9(12)6-15-8(5-14-2)7(10)4-11/h7-8H,3,5-6H2,1-2H3. The highest BCUT2D eigenvalue weighted by Crippen LogP contribution is 2.22. The fourth-order valence-electron chi connectivity index (χ4n) is 0.842. The molecule has 0 amide bonds. The first-order valence-electron chi connectivity index (χ1n) is 4.45. The normalized spacial score (nSPS) is 14.0. The number of nitrogens with zero attached hydrogens (tertiary/aromatic N) is 1. The van der Waals surface area contributed by atoms with Crippen molar-refractivity contribution in [3.8, 4) is 6.07 Å². The Balaban J connectivity index is 3.96. The maximum atomic E-state index is 11.1. The molecule has 0 rings (SSSR count). The van der Waals surface area contributed by atoms with Gasteiger partial charge in [0.15, 0.2) is 0 Å². The zero-order valence-corrected chi connectivity index (χ0v) is 11.1. The number of halogens is 1. The first kappa shape index (κ1) is 14.9. The Morgan fingerprint density at radius 1 is 1.67 bits per heavy atom. The summed E-state index contributed by atoms with van der Waals surface area (Å²) >= 11 is 8.81. The first-order valence-corrected chi connectivity index (χ1v) is 7.33. The summed E-state index contributed by atoms with van der Waals surface area (Å²) in [7, 11) is 0. The van der Waals surface area contributed by atoms with Crippen LogP contribution in [0.5, 0.6) is 0 Å². The van der Waals surface area contributed by atoms with Crippen molar-refractivity contribution in [2.75, 3.05) is 24.4 Å². The van der Waals surface area contributed by atoms with E-state index in [0.717, 1.165) is 5.75 Å². The largest absolute Gasteiger partial charge is 0.465 e. The van der Waals surface area contributed by atoms with Crippen molar-refractivity contribution in [1.82, 2.24) is 0 Å².